The molecule has 1 rings (SSSR count). The van der Waals surface area contributed by atoms with E-state index in [1.54, 1.807) is 0 Å². The summed E-state index contributed by atoms with van der Waals surface area (Å²) in [5.41, 5.74) is -0.0278. The van der Waals surface area contributed by atoms with Crippen molar-refractivity contribution in [2.24, 2.45) is 0 Å². The summed E-state index contributed by atoms with van der Waals surface area (Å²) in [6.07, 6.45) is 0. The van der Waals surface area contributed by atoms with Gasteiger partial charge in [0.1, 0.15) is 5.82 Å². The third-order valence-corrected chi connectivity index (χ3v) is 1.07. The molecule has 0 aliphatic heterocycles. The normalized spacial score (nSPS) is 8.45. The minimum atomic E-state index is -1.11. The Bertz CT molecular complexity index is 262. The van der Waals surface area contributed by atoms with E-state index in [4.69, 9.17) is 5.11 Å². The Hall–Kier alpha value is -0.380. The molecule has 0 aromatic heterocycles. The molecule has 1 aromatic rings. The summed E-state index contributed by atoms with van der Waals surface area (Å²) in [4.78, 5) is 10.2. The van der Waals surface area contributed by atoms with Gasteiger partial charge in [-0.05, 0) is 18.2 Å². The van der Waals surface area contributed by atoms with Gasteiger partial charge in [0.05, 0.1) is 5.56 Å². The predicted molar refractivity (Wildman–Crippen MR) is 33.4 cm³/mol. The molecule has 4 heteroatoms. The first-order valence-electron chi connectivity index (χ1n) is 2.69. The summed E-state index contributed by atoms with van der Waals surface area (Å²) in [5.74, 6) is -1.64. The van der Waals surface area contributed by atoms with Crippen LogP contribution in [0, 0.1) is 5.82 Å². The van der Waals surface area contributed by atoms with E-state index >= 15 is 0 Å². The molecular formula is C7H5FNaO2+. The second-order valence-corrected chi connectivity index (χ2v) is 1.82. The second-order valence-electron chi connectivity index (χ2n) is 1.82. The van der Waals surface area contributed by atoms with Gasteiger partial charge in [-0.3, -0.25) is 0 Å². The standard InChI is InChI=1S/C7H5FO2.Na/c8-6-3-1-2-5(4-6)7(9)10;/h1-4H,(H,9,10);/q;+1. The van der Waals surface area contributed by atoms with Gasteiger partial charge in [0, 0.05) is 0 Å². The molecule has 0 amide bonds. The quantitative estimate of drug-likeness (QED) is 0.513. The fraction of sp³-hybridized carbons (Fsp3) is 0. The number of carboxylic acids is 1. The van der Waals surface area contributed by atoms with Gasteiger partial charge in [0.25, 0.3) is 0 Å². The van der Waals surface area contributed by atoms with Crippen LogP contribution in [-0.2, 0) is 0 Å². The van der Waals surface area contributed by atoms with Gasteiger partial charge in [-0.2, -0.15) is 0 Å². The van der Waals surface area contributed by atoms with E-state index in [1.165, 1.54) is 18.2 Å². The van der Waals surface area contributed by atoms with E-state index in [2.05, 4.69) is 0 Å². The molecule has 0 spiro atoms. The van der Waals surface area contributed by atoms with E-state index in [-0.39, 0.29) is 35.1 Å². The topological polar surface area (TPSA) is 37.3 Å². The Balaban J connectivity index is 0.000001000. The summed E-state index contributed by atoms with van der Waals surface area (Å²) < 4.78 is 12.3. The Kier molecular flexibility index (Phi) is 4.33. The van der Waals surface area contributed by atoms with Crippen molar-refractivity contribution in [3.63, 3.8) is 0 Å². The molecule has 0 bridgehead atoms. The molecule has 1 N–H and O–H groups in total. The molecule has 0 saturated carbocycles. The summed E-state index contributed by atoms with van der Waals surface area (Å²) in [6, 6.07) is 4.87. The van der Waals surface area contributed by atoms with Crippen LogP contribution in [0.25, 0.3) is 0 Å². The van der Waals surface area contributed by atoms with Crippen molar-refractivity contribution in [3.8, 4) is 0 Å². The zero-order valence-electron chi connectivity index (χ0n) is 6.04. The van der Waals surface area contributed by atoms with Crippen LogP contribution < -0.4 is 29.6 Å². The Labute approximate surface area is 85.3 Å². The van der Waals surface area contributed by atoms with Crippen LogP contribution in [0.1, 0.15) is 10.4 Å². The monoisotopic (exact) mass is 163 g/mol. The van der Waals surface area contributed by atoms with E-state index < -0.39 is 11.8 Å². The van der Waals surface area contributed by atoms with Crippen LogP contribution in [0.5, 0.6) is 0 Å². The Morgan fingerprint density at radius 1 is 1.45 bits per heavy atom. The molecule has 0 atom stereocenters. The van der Waals surface area contributed by atoms with Crippen molar-refractivity contribution >= 4 is 5.97 Å². The summed E-state index contributed by atoms with van der Waals surface area (Å²) in [6.45, 7) is 0. The van der Waals surface area contributed by atoms with Gasteiger partial charge in [0.2, 0.25) is 0 Å². The molecule has 11 heavy (non-hydrogen) atoms. The molecule has 0 heterocycles. The van der Waals surface area contributed by atoms with Crippen molar-refractivity contribution < 1.29 is 43.8 Å². The van der Waals surface area contributed by atoms with Crippen LogP contribution in [0.3, 0.4) is 0 Å². The molecule has 0 aliphatic carbocycles. The fourth-order valence-corrected chi connectivity index (χ4v) is 0.622. The van der Waals surface area contributed by atoms with Gasteiger partial charge in [0.15, 0.2) is 0 Å². The first-order chi connectivity index (χ1) is 4.70. The molecule has 1 aromatic carbocycles. The SMILES string of the molecule is O=C(O)c1cccc(F)c1.[Na+]. The molecule has 0 fully saturated rings. The molecule has 0 aliphatic rings. The van der Waals surface area contributed by atoms with Gasteiger partial charge in [-0.25, -0.2) is 9.18 Å². The van der Waals surface area contributed by atoms with Gasteiger partial charge in [-0.1, -0.05) is 6.07 Å². The average Bonchev–Trinajstić information content (AvgIpc) is 1.88. The smallest absolute Gasteiger partial charge is 0.478 e. The van der Waals surface area contributed by atoms with Crippen molar-refractivity contribution in [2.75, 3.05) is 0 Å². The second kappa shape index (κ2) is 4.49. The average molecular weight is 163 g/mol. The number of hydrogen-bond acceptors (Lipinski definition) is 1. The molecule has 0 saturated heterocycles. The first kappa shape index (κ1) is 10.6. The van der Waals surface area contributed by atoms with Gasteiger partial charge >= 0.3 is 35.5 Å². The van der Waals surface area contributed by atoms with E-state index in [1.807, 2.05) is 0 Å². The van der Waals surface area contributed by atoms with Crippen LogP contribution in [0.2, 0.25) is 0 Å². The molecular weight excluding hydrogens is 158 g/mol. The van der Waals surface area contributed by atoms with Crippen molar-refractivity contribution in [2.45, 2.75) is 0 Å². The number of rotatable bonds is 1. The minimum Gasteiger partial charge on any atom is -0.478 e. The van der Waals surface area contributed by atoms with Crippen LogP contribution in [-0.4, -0.2) is 11.1 Å². The minimum absolute atomic E-state index is 0. The first-order valence-corrected chi connectivity index (χ1v) is 2.69. The number of hydrogen-bond donors (Lipinski definition) is 1. The summed E-state index contributed by atoms with van der Waals surface area (Å²) in [7, 11) is 0. The fourth-order valence-electron chi connectivity index (χ4n) is 0.622. The summed E-state index contributed by atoms with van der Waals surface area (Å²) in [5, 5.41) is 8.34. The number of halogens is 1. The van der Waals surface area contributed by atoms with Gasteiger partial charge < -0.3 is 5.11 Å². The molecule has 52 valence electrons. The van der Waals surface area contributed by atoms with E-state index in [9.17, 15) is 9.18 Å². The molecule has 2 nitrogen and oxygen atoms in total. The third kappa shape index (κ3) is 3.01. The van der Waals surface area contributed by atoms with Crippen LogP contribution in [0.15, 0.2) is 24.3 Å². The van der Waals surface area contributed by atoms with Crippen LogP contribution in [0.4, 0.5) is 4.39 Å². The van der Waals surface area contributed by atoms with Crippen LogP contribution >= 0.6 is 0 Å². The number of carbonyl (C=O) groups is 1. The summed E-state index contributed by atoms with van der Waals surface area (Å²) >= 11 is 0. The van der Waals surface area contributed by atoms with Gasteiger partial charge in [-0.15, -0.1) is 0 Å². The number of benzene rings is 1. The Morgan fingerprint density at radius 3 is 2.45 bits per heavy atom. The van der Waals surface area contributed by atoms with E-state index in [0.717, 1.165) is 6.07 Å². The number of aromatic carboxylic acids is 1. The molecule has 0 radical (unpaired) electrons. The maximum atomic E-state index is 12.3. The van der Waals surface area contributed by atoms with E-state index in [0.29, 0.717) is 0 Å². The van der Waals surface area contributed by atoms with Crippen molar-refractivity contribution in [1.82, 2.24) is 0 Å². The predicted octanol–water partition coefficient (Wildman–Crippen LogP) is -1.47. The third-order valence-electron chi connectivity index (χ3n) is 1.07. The number of carboxylic acid groups (broad SMARTS) is 1. The van der Waals surface area contributed by atoms with Crippen molar-refractivity contribution in [3.05, 3.63) is 35.6 Å². The zero-order chi connectivity index (χ0) is 7.56. The maximum absolute atomic E-state index is 12.3. The molecule has 0 unspecified atom stereocenters. The maximum Gasteiger partial charge on any atom is 1.00 e. The Morgan fingerprint density at radius 2 is 2.09 bits per heavy atom. The van der Waals surface area contributed by atoms with Crippen molar-refractivity contribution in [1.29, 1.82) is 0 Å². The largest absolute Gasteiger partial charge is 1.00 e. The zero-order valence-corrected chi connectivity index (χ0v) is 8.04.